The normalized spacial score (nSPS) is 19.2. The van der Waals surface area contributed by atoms with Crippen molar-refractivity contribution in [2.24, 2.45) is 5.41 Å². The number of nitrogens with zero attached hydrogens (tertiary/aromatic N) is 3. The summed E-state index contributed by atoms with van der Waals surface area (Å²) in [6, 6.07) is 0.931. The summed E-state index contributed by atoms with van der Waals surface area (Å²) in [6.07, 6.45) is 6.54. The highest BCUT2D eigenvalue weighted by molar-refractivity contribution is 5.04. The third-order valence-corrected chi connectivity index (χ3v) is 4.04. The van der Waals surface area contributed by atoms with E-state index in [9.17, 15) is 0 Å². The monoisotopic (exact) mass is 250 g/mol. The molecule has 0 saturated heterocycles. The van der Waals surface area contributed by atoms with Gasteiger partial charge in [-0.15, -0.1) is 0 Å². The highest BCUT2D eigenvalue weighted by atomic mass is 15.3. The molecule has 0 amide bonds. The van der Waals surface area contributed by atoms with Gasteiger partial charge in [-0.2, -0.15) is 5.10 Å². The Labute approximate surface area is 110 Å². The Kier molecular flexibility index (Phi) is 4.05. The van der Waals surface area contributed by atoms with Crippen molar-refractivity contribution in [2.75, 3.05) is 6.54 Å². The molecule has 0 aromatic carbocycles. The van der Waals surface area contributed by atoms with Gasteiger partial charge < -0.3 is 5.32 Å². The number of nitrogens with one attached hydrogen (secondary N) is 1. The lowest BCUT2D eigenvalue weighted by Crippen LogP contribution is -2.39. The number of hydrogen-bond donors (Lipinski definition) is 1. The summed E-state index contributed by atoms with van der Waals surface area (Å²) >= 11 is 0. The Balaban J connectivity index is 2.06. The molecular weight excluding hydrogens is 224 g/mol. The molecule has 1 N–H and O–H groups in total. The molecule has 2 rings (SSSR count). The van der Waals surface area contributed by atoms with Crippen molar-refractivity contribution in [1.82, 2.24) is 20.1 Å². The van der Waals surface area contributed by atoms with Crippen molar-refractivity contribution in [1.29, 1.82) is 0 Å². The molecule has 1 unspecified atom stereocenters. The maximum absolute atomic E-state index is 4.44. The number of aromatic nitrogens is 3. The lowest BCUT2D eigenvalue weighted by atomic mass is 9.95. The zero-order chi connectivity index (χ0) is 13.2. The minimum atomic E-state index is 0.390. The van der Waals surface area contributed by atoms with Gasteiger partial charge in [0.05, 0.1) is 0 Å². The Morgan fingerprint density at radius 1 is 1.44 bits per heavy atom. The third kappa shape index (κ3) is 2.91. The molecule has 0 aliphatic heterocycles. The van der Waals surface area contributed by atoms with Gasteiger partial charge in [-0.25, -0.2) is 9.67 Å². The van der Waals surface area contributed by atoms with E-state index < -0.39 is 0 Å². The average molecular weight is 250 g/mol. The van der Waals surface area contributed by atoms with E-state index in [0.717, 1.165) is 18.8 Å². The van der Waals surface area contributed by atoms with Crippen LogP contribution in [0, 0.1) is 5.41 Å². The number of rotatable bonds is 7. The van der Waals surface area contributed by atoms with Gasteiger partial charge in [0.15, 0.2) is 0 Å². The number of hydrogen-bond acceptors (Lipinski definition) is 3. The second-order valence-electron chi connectivity index (χ2n) is 6.08. The summed E-state index contributed by atoms with van der Waals surface area (Å²) in [4.78, 5) is 4.44. The van der Waals surface area contributed by atoms with Crippen molar-refractivity contribution in [2.45, 2.75) is 65.5 Å². The molecule has 4 nitrogen and oxygen atoms in total. The van der Waals surface area contributed by atoms with Crippen LogP contribution in [0.4, 0.5) is 0 Å². The summed E-state index contributed by atoms with van der Waals surface area (Å²) in [5.41, 5.74) is 0.475. The second-order valence-corrected chi connectivity index (χ2v) is 6.08. The van der Waals surface area contributed by atoms with Crippen LogP contribution in [0.15, 0.2) is 6.33 Å². The van der Waals surface area contributed by atoms with Crippen molar-refractivity contribution in [3.63, 3.8) is 0 Å². The minimum absolute atomic E-state index is 0.390. The van der Waals surface area contributed by atoms with Gasteiger partial charge in [0, 0.05) is 18.5 Å². The summed E-state index contributed by atoms with van der Waals surface area (Å²) in [5.74, 6) is 1.12. The first-order valence-electron chi connectivity index (χ1n) is 7.18. The minimum Gasteiger partial charge on any atom is -0.313 e. The Morgan fingerprint density at radius 3 is 2.72 bits per heavy atom. The summed E-state index contributed by atoms with van der Waals surface area (Å²) in [5, 5.41) is 8.02. The lowest BCUT2D eigenvalue weighted by Gasteiger charge is -2.25. The van der Waals surface area contributed by atoms with Crippen LogP contribution in [-0.4, -0.2) is 27.4 Å². The Bertz CT molecular complexity index is 379. The van der Waals surface area contributed by atoms with Crippen LogP contribution in [0.1, 0.15) is 58.8 Å². The predicted molar refractivity (Wildman–Crippen MR) is 73.5 cm³/mol. The molecule has 18 heavy (non-hydrogen) atoms. The molecule has 1 aliphatic rings. The predicted octanol–water partition coefficient (Wildman–Crippen LogP) is 2.57. The van der Waals surface area contributed by atoms with Gasteiger partial charge in [-0.1, -0.05) is 13.8 Å². The van der Waals surface area contributed by atoms with Crippen LogP contribution in [0.3, 0.4) is 0 Å². The molecule has 1 heterocycles. The SMILES string of the molecule is CCCNC(Cc1ncnn1C(C)C)C1(C)CC1. The third-order valence-electron chi connectivity index (χ3n) is 4.04. The highest BCUT2D eigenvalue weighted by Gasteiger charge is 2.44. The molecule has 1 atom stereocenters. The van der Waals surface area contributed by atoms with Gasteiger partial charge in [-0.3, -0.25) is 0 Å². The van der Waals surface area contributed by atoms with Gasteiger partial charge in [0.1, 0.15) is 12.2 Å². The van der Waals surface area contributed by atoms with E-state index in [2.05, 4.69) is 43.1 Å². The smallest absolute Gasteiger partial charge is 0.138 e. The quantitative estimate of drug-likeness (QED) is 0.809. The zero-order valence-corrected chi connectivity index (χ0v) is 12.1. The fourth-order valence-corrected chi connectivity index (χ4v) is 2.46. The fraction of sp³-hybridized carbons (Fsp3) is 0.857. The van der Waals surface area contributed by atoms with Crippen LogP contribution in [-0.2, 0) is 6.42 Å². The molecule has 1 aromatic heterocycles. The van der Waals surface area contributed by atoms with Crippen LogP contribution in [0.25, 0.3) is 0 Å². The molecule has 0 radical (unpaired) electrons. The molecular formula is C14H26N4. The molecule has 4 heteroatoms. The van der Waals surface area contributed by atoms with E-state index in [1.807, 2.05) is 4.68 Å². The summed E-state index contributed by atoms with van der Waals surface area (Å²) in [6.45, 7) is 10.0. The highest BCUT2D eigenvalue weighted by Crippen LogP contribution is 2.48. The van der Waals surface area contributed by atoms with E-state index in [1.54, 1.807) is 6.33 Å². The first-order chi connectivity index (χ1) is 8.57. The van der Waals surface area contributed by atoms with Crippen molar-refractivity contribution in [3.8, 4) is 0 Å². The van der Waals surface area contributed by atoms with Crippen molar-refractivity contribution >= 4 is 0 Å². The van der Waals surface area contributed by atoms with Crippen LogP contribution < -0.4 is 5.32 Å². The topological polar surface area (TPSA) is 42.7 Å². The van der Waals surface area contributed by atoms with E-state index in [1.165, 1.54) is 19.3 Å². The van der Waals surface area contributed by atoms with Gasteiger partial charge in [0.2, 0.25) is 0 Å². The fourth-order valence-electron chi connectivity index (χ4n) is 2.46. The standard InChI is InChI=1S/C14H26N4/c1-5-8-15-12(14(4)6-7-14)9-13-16-10-17-18(13)11(2)3/h10-12,15H,5-9H2,1-4H3. The van der Waals surface area contributed by atoms with E-state index >= 15 is 0 Å². The molecule has 1 fully saturated rings. The molecule has 1 aromatic rings. The van der Waals surface area contributed by atoms with E-state index in [-0.39, 0.29) is 0 Å². The van der Waals surface area contributed by atoms with Crippen LogP contribution in [0.2, 0.25) is 0 Å². The van der Waals surface area contributed by atoms with Gasteiger partial charge in [-0.05, 0) is 45.1 Å². The van der Waals surface area contributed by atoms with Crippen molar-refractivity contribution < 1.29 is 0 Å². The second kappa shape index (κ2) is 5.39. The molecule has 102 valence electrons. The maximum atomic E-state index is 4.44. The molecule has 1 aliphatic carbocycles. The van der Waals surface area contributed by atoms with E-state index in [0.29, 0.717) is 17.5 Å². The average Bonchev–Trinajstić information content (AvgIpc) is 2.91. The van der Waals surface area contributed by atoms with Gasteiger partial charge >= 0.3 is 0 Å². The Morgan fingerprint density at radius 2 is 2.17 bits per heavy atom. The lowest BCUT2D eigenvalue weighted by molar-refractivity contribution is 0.340. The maximum Gasteiger partial charge on any atom is 0.138 e. The van der Waals surface area contributed by atoms with Crippen LogP contribution in [0.5, 0.6) is 0 Å². The first kappa shape index (κ1) is 13.5. The van der Waals surface area contributed by atoms with E-state index in [4.69, 9.17) is 0 Å². The summed E-state index contributed by atoms with van der Waals surface area (Å²) < 4.78 is 2.05. The van der Waals surface area contributed by atoms with Gasteiger partial charge in [0.25, 0.3) is 0 Å². The molecule has 0 bridgehead atoms. The Hall–Kier alpha value is -0.900. The first-order valence-corrected chi connectivity index (χ1v) is 7.18. The summed E-state index contributed by atoms with van der Waals surface area (Å²) in [7, 11) is 0. The molecule has 1 saturated carbocycles. The van der Waals surface area contributed by atoms with Crippen LogP contribution >= 0.6 is 0 Å². The largest absolute Gasteiger partial charge is 0.313 e. The zero-order valence-electron chi connectivity index (χ0n) is 12.1. The van der Waals surface area contributed by atoms with Crippen molar-refractivity contribution in [3.05, 3.63) is 12.2 Å². The molecule has 0 spiro atoms.